The van der Waals surface area contributed by atoms with Crippen molar-refractivity contribution in [3.05, 3.63) is 46.9 Å². The fraction of sp³-hybridized carbons (Fsp3) is 0.375. The van der Waals surface area contributed by atoms with Crippen molar-refractivity contribution in [3.63, 3.8) is 0 Å². The van der Waals surface area contributed by atoms with E-state index in [4.69, 9.17) is 13.9 Å². The fourth-order valence-electron chi connectivity index (χ4n) is 2.34. The topological polar surface area (TPSA) is 51.8 Å². The van der Waals surface area contributed by atoms with E-state index >= 15 is 0 Å². The summed E-state index contributed by atoms with van der Waals surface area (Å²) >= 11 is 0. The zero-order valence-corrected chi connectivity index (χ0v) is 12.3. The van der Waals surface area contributed by atoms with Crippen LogP contribution in [0.1, 0.15) is 35.5 Å². The van der Waals surface area contributed by atoms with Crippen molar-refractivity contribution in [3.8, 4) is 11.5 Å². The van der Waals surface area contributed by atoms with Gasteiger partial charge in [0.05, 0.1) is 20.5 Å². The van der Waals surface area contributed by atoms with Crippen molar-refractivity contribution >= 4 is 0 Å². The van der Waals surface area contributed by atoms with Crippen LogP contribution < -0.4 is 9.47 Å². The van der Waals surface area contributed by atoms with Crippen molar-refractivity contribution in [2.45, 2.75) is 26.4 Å². The number of aryl methyl sites for hydroxylation is 2. The molecule has 0 aliphatic heterocycles. The largest absolute Gasteiger partial charge is 0.493 e. The van der Waals surface area contributed by atoms with Crippen LogP contribution >= 0.6 is 0 Å². The zero-order valence-electron chi connectivity index (χ0n) is 12.3. The van der Waals surface area contributed by atoms with Crippen molar-refractivity contribution in [1.82, 2.24) is 0 Å². The molecule has 0 amide bonds. The van der Waals surface area contributed by atoms with Gasteiger partial charge in [0.15, 0.2) is 11.5 Å². The highest BCUT2D eigenvalue weighted by molar-refractivity contribution is 5.49. The smallest absolute Gasteiger partial charge is 0.161 e. The van der Waals surface area contributed by atoms with Crippen molar-refractivity contribution < 1.29 is 19.0 Å². The zero-order chi connectivity index (χ0) is 14.7. The molecule has 20 heavy (non-hydrogen) atoms. The average Bonchev–Trinajstić information content (AvgIpc) is 2.94. The second-order valence-electron chi connectivity index (χ2n) is 4.62. The van der Waals surface area contributed by atoms with E-state index in [1.165, 1.54) is 0 Å². The van der Waals surface area contributed by atoms with Gasteiger partial charge in [-0.25, -0.2) is 0 Å². The van der Waals surface area contributed by atoms with E-state index in [0.717, 1.165) is 28.9 Å². The van der Waals surface area contributed by atoms with Crippen LogP contribution in [0.4, 0.5) is 0 Å². The number of hydrogen-bond acceptors (Lipinski definition) is 4. The molecule has 1 atom stereocenters. The van der Waals surface area contributed by atoms with Gasteiger partial charge in [0.25, 0.3) is 0 Å². The Bertz CT molecular complexity index is 586. The fourth-order valence-corrected chi connectivity index (χ4v) is 2.34. The van der Waals surface area contributed by atoms with E-state index < -0.39 is 6.10 Å². The minimum atomic E-state index is -0.733. The molecule has 0 aliphatic carbocycles. The van der Waals surface area contributed by atoms with Gasteiger partial charge < -0.3 is 19.0 Å². The first kappa shape index (κ1) is 14.5. The Morgan fingerprint density at radius 2 is 1.80 bits per heavy atom. The second kappa shape index (κ2) is 6.01. The third-order valence-corrected chi connectivity index (χ3v) is 3.46. The predicted molar refractivity (Wildman–Crippen MR) is 76.4 cm³/mol. The number of furan rings is 1. The third kappa shape index (κ3) is 2.51. The summed E-state index contributed by atoms with van der Waals surface area (Å²) in [5.74, 6) is 2.06. The Labute approximate surface area is 118 Å². The molecular formula is C16H20O4. The molecule has 0 spiro atoms. The van der Waals surface area contributed by atoms with Crippen LogP contribution in [0.25, 0.3) is 0 Å². The normalized spacial score (nSPS) is 12.2. The molecule has 0 saturated heterocycles. The van der Waals surface area contributed by atoms with Gasteiger partial charge in [-0.3, -0.25) is 0 Å². The minimum Gasteiger partial charge on any atom is -0.493 e. The summed E-state index contributed by atoms with van der Waals surface area (Å²) in [4.78, 5) is 0. The first-order chi connectivity index (χ1) is 9.62. The lowest BCUT2D eigenvalue weighted by Crippen LogP contribution is -2.04. The van der Waals surface area contributed by atoms with Crippen LogP contribution in [0, 0.1) is 6.92 Å². The molecule has 1 heterocycles. The summed E-state index contributed by atoms with van der Waals surface area (Å²) in [5, 5.41) is 10.6. The van der Waals surface area contributed by atoms with Crippen LogP contribution in [-0.2, 0) is 6.42 Å². The molecule has 1 unspecified atom stereocenters. The molecule has 2 rings (SSSR count). The lowest BCUT2D eigenvalue weighted by Gasteiger charge is -2.17. The van der Waals surface area contributed by atoms with Gasteiger partial charge in [0, 0.05) is 12.0 Å². The van der Waals surface area contributed by atoms with Crippen molar-refractivity contribution in [2.24, 2.45) is 0 Å². The van der Waals surface area contributed by atoms with E-state index in [9.17, 15) is 5.11 Å². The number of hydrogen-bond donors (Lipinski definition) is 1. The maximum absolute atomic E-state index is 10.6. The van der Waals surface area contributed by atoms with Gasteiger partial charge >= 0.3 is 0 Å². The number of ether oxygens (including phenoxy) is 2. The van der Waals surface area contributed by atoms with Gasteiger partial charge in [-0.15, -0.1) is 0 Å². The molecule has 4 nitrogen and oxygen atoms in total. The molecule has 0 fully saturated rings. The Morgan fingerprint density at radius 3 is 2.40 bits per heavy atom. The van der Waals surface area contributed by atoms with E-state index in [0.29, 0.717) is 11.5 Å². The van der Waals surface area contributed by atoms with Gasteiger partial charge in [-0.1, -0.05) is 6.92 Å². The maximum Gasteiger partial charge on any atom is 0.161 e. The van der Waals surface area contributed by atoms with Crippen LogP contribution in [0.2, 0.25) is 0 Å². The molecule has 2 aromatic rings. The Kier molecular flexibility index (Phi) is 4.35. The van der Waals surface area contributed by atoms with E-state index in [1.54, 1.807) is 26.5 Å². The third-order valence-electron chi connectivity index (χ3n) is 3.46. The molecule has 108 valence electrons. The second-order valence-corrected chi connectivity index (χ2v) is 4.62. The summed E-state index contributed by atoms with van der Waals surface area (Å²) in [6.07, 6.45) is 1.61. The molecule has 1 aromatic heterocycles. The van der Waals surface area contributed by atoms with Crippen molar-refractivity contribution in [2.75, 3.05) is 14.2 Å². The van der Waals surface area contributed by atoms with Gasteiger partial charge in [0.1, 0.15) is 11.9 Å². The summed E-state index contributed by atoms with van der Waals surface area (Å²) in [6.45, 7) is 3.93. The molecule has 0 aliphatic rings. The molecule has 4 heteroatoms. The highest BCUT2D eigenvalue weighted by Gasteiger charge is 2.20. The van der Waals surface area contributed by atoms with Crippen LogP contribution in [-0.4, -0.2) is 19.3 Å². The average molecular weight is 276 g/mol. The van der Waals surface area contributed by atoms with E-state index in [2.05, 4.69) is 0 Å². The number of methoxy groups -OCH3 is 2. The first-order valence-electron chi connectivity index (χ1n) is 6.59. The Balaban J connectivity index is 2.46. The summed E-state index contributed by atoms with van der Waals surface area (Å²) in [5.41, 5.74) is 2.53. The molecule has 1 N–H and O–H groups in total. The highest BCUT2D eigenvalue weighted by Crippen LogP contribution is 2.36. The summed E-state index contributed by atoms with van der Waals surface area (Å²) < 4.78 is 15.9. The molecule has 0 bridgehead atoms. The van der Waals surface area contributed by atoms with E-state index in [-0.39, 0.29) is 0 Å². The lowest BCUT2D eigenvalue weighted by molar-refractivity contribution is 0.215. The highest BCUT2D eigenvalue weighted by atomic mass is 16.5. The minimum absolute atomic E-state index is 0.605. The van der Waals surface area contributed by atoms with Gasteiger partial charge in [-0.2, -0.15) is 0 Å². The number of benzene rings is 1. The number of rotatable bonds is 5. The molecule has 0 radical (unpaired) electrons. The van der Waals surface area contributed by atoms with E-state index in [1.807, 2.05) is 26.0 Å². The standard InChI is InChI=1S/C16H20O4/c1-5-13-11(6-7-20-13)16(17)12-9-15(19-4)14(18-3)8-10(12)2/h6-9,16-17H,5H2,1-4H3. The lowest BCUT2D eigenvalue weighted by atomic mass is 9.96. The molecular weight excluding hydrogens is 256 g/mol. The number of aliphatic hydroxyl groups is 1. The first-order valence-corrected chi connectivity index (χ1v) is 6.59. The van der Waals surface area contributed by atoms with Crippen LogP contribution in [0.15, 0.2) is 28.9 Å². The maximum atomic E-state index is 10.6. The quantitative estimate of drug-likeness (QED) is 0.910. The Hall–Kier alpha value is -1.94. The monoisotopic (exact) mass is 276 g/mol. The SMILES string of the molecule is CCc1occc1C(O)c1cc(OC)c(OC)cc1C. The summed E-state index contributed by atoms with van der Waals surface area (Å²) in [6, 6.07) is 5.48. The summed E-state index contributed by atoms with van der Waals surface area (Å²) in [7, 11) is 3.18. The predicted octanol–water partition coefficient (Wildman–Crippen LogP) is 3.25. The number of aliphatic hydroxyl groups excluding tert-OH is 1. The molecule has 1 aromatic carbocycles. The van der Waals surface area contributed by atoms with Gasteiger partial charge in [0.2, 0.25) is 0 Å². The van der Waals surface area contributed by atoms with Gasteiger partial charge in [-0.05, 0) is 36.2 Å². The van der Waals surface area contributed by atoms with Crippen LogP contribution in [0.5, 0.6) is 11.5 Å². The van der Waals surface area contributed by atoms with Crippen LogP contribution in [0.3, 0.4) is 0 Å². The molecule has 0 saturated carbocycles. The Morgan fingerprint density at radius 1 is 1.15 bits per heavy atom. The van der Waals surface area contributed by atoms with Crippen molar-refractivity contribution in [1.29, 1.82) is 0 Å².